The average Bonchev–Trinajstić information content (AvgIpc) is 2.79. The van der Waals surface area contributed by atoms with E-state index >= 15 is 0 Å². The van der Waals surface area contributed by atoms with Crippen molar-refractivity contribution in [3.63, 3.8) is 0 Å². The van der Waals surface area contributed by atoms with Gasteiger partial charge in [0, 0.05) is 18.8 Å². The van der Waals surface area contributed by atoms with E-state index < -0.39 is 6.04 Å². The highest BCUT2D eigenvalue weighted by Gasteiger charge is 2.28. The summed E-state index contributed by atoms with van der Waals surface area (Å²) >= 11 is 1.50. The number of nitrogens with zero attached hydrogens (tertiary/aromatic N) is 1. The first kappa shape index (κ1) is 24.7. The number of ether oxygens (including phenoxy) is 1. The Morgan fingerprint density at radius 1 is 1.06 bits per heavy atom. The van der Waals surface area contributed by atoms with E-state index in [-0.39, 0.29) is 29.9 Å². The Balaban J connectivity index is 2.07. The highest BCUT2D eigenvalue weighted by Crippen LogP contribution is 2.19. The summed E-state index contributed by atoms with van der Waals surface area (Å²) in [5.41, 5.74) is 1.88. The SMILES string of the molecule is CCCNC(=O)[C@H](CC)N(Cc1ccc(F)cc1)C(=O)CSCc1ccc(OC)cc1. The van der Waals surface area contributed by atoms with Gasteiger partial charge in [-0.25, -0.2) is 4.39 Å². The van der Waals surface area contributed by atoms with Crippen LogP contribution >= 0.6 is 11.8 Å². The second-order valence-corrected chi connectivity index (χ2v) is 8.19. The van der Waals surface area contributed by atoms with Crippen LogP contribution in [0, 0.1) is 5.82 Å². The molecule has 0 heterocycles. The van der Waals surface area contributed by atoms with Gasteiger partial charge < -0.3 is 15.0 Å². The van der Waals surface area contributed by atoms with E-state index in [9.17, 15) is 14.0 Å². The zero-order valence-electron chi connectivity index (χ0n) is 18.4. The third-order valence-electron chi connectivity index (χ3n) is 4.85. The summed E-state index contributed by atoms with van der Waals surface area (Å²) in [6, 6.07) is 13.2. The van der Waals surface area contributed by atoms with Gasteiger partial charge >= 0.3 is 0 Å². The first-order chi connectivity index (χ1) is 15.0. The molecule has 7 heteroatoms. The number of hydrogen-bond acceptors (Lipinski definition) is 4. The molecule has 1 atom stereocenters. The minimum Gasteiger partial charge on any atom is -0.497 e. The maximum atomic E-state index is 13.3. The van der Waals surface area contributed by atoms with E-state index in [2.05, 4.69) is 5.32 Å². The van der Waals surface area contributed by atoms with Gasteiger partial charge in [0.25, 0.3) is 0 Å². The fraction of sp³-hybridized carbons (Fsp3) is 0.417. The fourth-order valence-electron chi connectivity index (χ4n) is 3.13. The number of rotatable bonds is 12. The number of amides is 2. The summed E-state index contributed by atoms with van der Waals surface area (Å²) in [5.74, 6) is 1.13. The predicted molar refractivity (Wildman–Crippen MR) is 123 cm³/mol. The molecule has 0 fully saturated rings. The minimum absolute atomic E-state index is 0.110. The second-order valence-electron chi connectivity index (χ2n) is 7.20. The molecule has 0 radical (unpaired) electrons. The van der Waals surface area contributed by atoms with Crippen LogP contribution in [-0.2, 0) is 21.9 Å². The lowest BCUT2D eigenvalue weighted by Crippen LogP contribution is -2.49. The van der Waals surface area contributed by atoms with Gasteiger partial charge in [0.05, 0.1) is 12.9 Å². The van der Waals surface area contributed by atoms with Crippen molar-refractivity contribution in [2.75, 3.05) is 19.4 Å². The Labute approximate surface area is 188 Å². The summed E-state index contributed by atoms with van der Waals surface area (Å²) in [6.07, 6.45) is 1.33. The summed E-state index contributed by atoms with van der Waals surface area (Å²) in [7, 11) is 1.62. The highest BCUT2D eigenvalue weighted by atomic mass is 32.2. The van der Waals surface area contributed by atoms with Crippen molar-refractivity contribution >= 4 is 23.6 Å². The van der Waals surface area contributed by atoms with Crippen LogP contribution in [0.15, 0.2) is 48.5 Å². The van der Waals surface area contributed by atoms with Crippen molar-refractivity contribution < 1.29 is 18.7 Å². The zero-order chi connectivity index (χ0) is 22.6. The first-order valence-electron chi connectivity index (χ1n) is 10.5. The normalized spacial score (nSPS) is 11.6. The Bertz CT molecular complexity index is 828. The van der Waals surface area contributed by atoms with Crippen LogP contribution in [0.1, 0.15) is 37.8 Å². The fourth-order valence-corrected chi connectivity index (χ4v) is 4.00. The van der Waals surface area contributed by atoms with Crippen LogP contribution in [0.2, 0.25) is 0 Å². The van der Waals surface area contributed by atoms with Gasteiger partial charge in [0.2, 0.25) is 11.8 Å². The van der Waals surface area contributed by atoms with Crippen molar-refractivity contribution in [2.45, 2.75) is 45.0 Å². The van der Waals surface area contributed by atoms with Gasteiger partial charge in [0.1, 0.15) is 17.6 Å². The molecule has 5 nitrogen and oxygen atoms in total. The van der Waals surface area contributed by atoms with Crippen LogP contribution in [0.3, 0.4) is 0 Å². The van der Waals surface area contributed by atoms with E-state index in [1.165, 1.54) is 23.9 Å². The third-order valence-corrected chi connectivity index (χ3v) is 5.84. The van der Waals surface area contributed by atoms with Crippen molar-refractivity contribution in [2.24, 2.45) is 0 Å². The number of nitrogens with one attached hydrogen (secondary N) is 1. The number of thioether (sulfide) groups is 1. The smallest absolute Gasteiger partial charge is 0.242 e. The highest BCUT2D eigenvalue weighted by molar-refractivity contribution is 7.99. The van der Waals surface area contributed by atoms with Gasteiger partial charge in [-0.1, -0.05) is 38.1 Å². The number of hydrogen-bond donors (Lipinski definition) is 1. The molecule has 168 valence electrons. The maximum Gasteiger partial charge on any atom is 0.242 e. The second kappa shape index (κ2) is 13.0. The monoisotopic (exact) mass is 446 g/mol. The first-order valence-corrected chi connectivity index (χ1v) is 11.7. The summed E-state index contributed by atoms with van der Waals surface area (Å²) < 4.78 is 18.5. The molecule has 2 rings (SSSR count). The quantitative estimate of drug-likeness (QED) is 0.525. The molecule has 0 aliphatic carbocycles. The Morgan fingerprint density at radius 3 is 2.29 bits per heavy atom. The molecule has 2 amide bonds. The predicted octanol–water partition coefficient (Wildman–Crippen LogP) is 4.40. The van der Waals surface area contributed by atoms with E-state index in [0.717, 1.165) is 23.3 Å². The summed E-state index contributed by atoms with van der Waals surface area (Å²) in [5, 5.41) is 2.89. The topological polar surface area (TPSA) is 58.6 Å². The Morgan fingerprint density at radius 2 is 1.71 bits per heavy atom. The van der Waals surface area contributed by atoms with E-state index in [4.69, 9.17) is 4.74 Å². The molecule has 0 aromatic heterocycles. The number of carbonyl (C=O) groups excluding carboxylic acids is 2. The number of halogens is 1. The lowest BCUT2D eigenvalue weighted by molar-refractivity contribution is -0.139. The average molecular weight is 447 g/mol. The Kier molecular flexibility index (Phi) is 10.4. The largest absolute Gasteiger partial charge is 0.497 e. The summed E-state index contributed by atoms with van der Waals surface area (Å²) in [4.78, 5) is 27.4. The number of carbonyl (C=O) groups is 2. The van der Waals surface area contributed by atoms with E-state index in [0.29, 0.717) is 18.7 Å². The molecule has 0 spiro atoms. The molecular formula is C24H31FN2O3S. The molecule has 1 N–H and O–H groups in total. The molecule has 2 aromatic carbocycles. The standard InChI is InChI=1S/C24H31FN2O3S/c1-4-14-26-24(29)22(5-2)27(15-18-6-10-20(25)11-7-18)23(28)17-31-16-19-8-12-21(30-3)13-9-19/h6-13,22H,4-5,14-17H2,1-3H3,(H,26,29)/t22-/m0/s1. The van der Waals surface area contributed by atoms with Crippen LogP contribution in [0.4, 0.5) is 4.39 Å². The van der Waals surface area contributed by atoms with Crippen molar-refractivity contribution in [1.82, 2.24) is 10.2 Å². The van der Waals surface area contributed by atoms with E-state index in [1.807, 2.05) is 38.1 Å². The van der Waals surface area contributed by atoms with Crippen molar-refractivity contribution in [3.8, 4) is 5.75 Å². The van der Waals surface area contributed by atoms with Crippen LogP contribution in [-0.4, -0.2) is 42.2 Å². The van der Waals surface area contributed by atoms with Gasteiger partial charge in [-0.2, -0.15) is 0 Å². The molecule has 31 heavy (non-hydrogen) atoms. The van der Waals surface area contributed by atoms with Crippen LogP contribution in [0.5, 0.6) is 5.75 Å². The molecule has 2 aromatic rings. The van der Waals surface area contributed by atoms with Gasteiger partial charge in [-0.15, -0.1) is 11.8 Å². The van der Waals surface area contributed by atoms with E-state index in [1.54, 1.807) is 24.1 Å². The van der Waals surface area contributed by atoms with Crippen LogP contribution < -0.4 is 10.1 Å². The molecule has 0 unspecified atom stereocenters. The molecule has 0 saturated carbocycles. The van der Waals surface area contributed by atoms with Gasteiger partial charge in [-0.05, 0) is 48.2 Å². The molecular weight excluding hydrogens is 415 g/mol. The molecule has 0 bridgehead atoms. The molecule has 0 aliphatic heterocycles. The number of methoxy groups -OCH3 is 1. The minimum atomic E-state index is -0.564. The maximum absolute atomic E-state index is 13.3. The molecule has 0 saturated heterocycles. The van der Waals surface area contributed by atoms with Crippen LogP contribution in [0.25, 0.3) is 0 Å². The lowest BCUT2D eigenvalue weighted by Gasteiger charge is -2.30. The zero-order valence-corrected chi connectivity index (χ0v) is 19.2. The molecule has 0 aliphatic rings. The van der Waals surface area contributed by atoms with Crippen molar-refractivity contribution in [1.29, 1.82) is 0 Å². The third kappa shape index (κ3) is 7.90. The lowest BCUT2D eigenvalue weighted by atomic mass is 10.1. The summed E-state index contributed by atoms with van der Waals surface area (Å²) in [6.45, 7) is 4.71. The number of benzene rings is 2. The van der Waals surface area contributed by atoms with Crippen molar-refractivity contribution in [3.05, 3.63) is 65.5 Å². The van der Waals surface area contributed by atoms with Gasteiger partial charge in [0.15, 0.2) is 0 Å². The van der Waals surface area contributed by atoms with Gasteiger partial charge in [-0.3, -0.25) is 9.59 Å². The Hall–Kier alpha value is -2.54.